The lowest BCUT2D eigenvalue weighted by atomic mass is 10.4. The predicted octanol–water partition coefficient (Wildman–Crippen LogP) is 2.02. The number of hydrogen-bond donors (Lipinski definition) is 1. The molecule has 1 rings (SSSR count). The fourth-order valence-electron chi connectivity index (χ4n) is 1.57. The third kappa shape index (κ3) is 3.51. The van der Waals surface area contributed by atoms with Crippen LogP contribution in [0.1, 0.15) is 32.3 Å². The smallest absolute Gasteiger partial charge is 0.252 e. The first-order valence-electron chi connectivity index (χ1n) is 5.83. The van der Waals surface area contributed by atoms with Gasteiger partial charge in [-0.05, 0) is 29.9 Å². The Labute approximate surface area is 107 Å². The third-order valence-corrected chi connectivity index (χ3v) is 5.77. The second-order valence-electron chi connectivity index (χ2n) is 3.88. The highest BCUT2D eigenvalue weighted by Gasteiger charge is 2.24. The molecule has 0 atom stereocenters. The fraction of sp³-hybridized carbons (Fsp3) is 0.636. The topological polar surface area (TPSA) is 63.4 Å². The van der Waals surface area contributed by atoms with Crippen LogP contribution in [0.5, 0.6) is 0 Å². The Morgan fingerprint density at radius 3 is 2.29 bits per heavy atom. The Morgan fingerprint density at radius 2 is 1.88 bits per heavy atom. The molecule has 4 nitrogen and oxygen atoms in total. The number of nitrogens with two attached hydrogens (primary N) is 1. The second kappa shape index (κ2) is 6.49. The van der Waals surface area contributed by atoms with Crippen molar-refractivity contribution in [3.05, 3.63) is 17.0 Å². The van der Waals surface area contributed by atoms with E-state index in [0.29, 0.717) is 23.8 Å². The van der Waals surface area contributed by atoms with Crippen molar-refractivity contribution in [1.29, 1.82) is 0 Å². The molecular formula is C11H20N2O2S2. The van der Waals surface area contributed by atoms with Crippen LogP contribution >= 0.6 is 11.3 Å². The zero-order chi connectivity index (χ0) is 12.9. The molecule has 0 spiro atoms. The maximum Gasteiger partial charge on any atom is 0.252 e. The molecule has 1 aromatic heterocycles. The van der Waals surface area contributed by atoms with Gasteiger partial charge in [-0.3, -0.25) is 0 Å². The quantitative estimate of drug-likeness (QED) is 0.828. The van der Waals surface area contributed by atoms with Crippen molar-refractivity contribution in [2.75, 3.05) is 13.1 Å². The number of thiophene rings is 1. The van der Waals surface area contributed by atoms with Crippen molar-refractivity contribution in [3.8, 4) is 0 Å². The van der Waals surface area contributed by atoms with Crippen LogP contribution in [-0.2, 0) is 16.6 Å². The van der Waals surface area contributed by atoms with Crippen molar-refractivity contribution in [3.63, 3.8) is 0 Å². The van der Waals surface area contributed by atoms with Crippen LogP contribution in [0.15, 0.2) is 15.7 Å². The van der Waals surface area contributed by atoms with Gasteiger partial charge in [-0.1, -0.05) is 13.8 Å². The first kappa shape index (κ1) is 14.6. The highest BCUT2D eigenvalue weighted by Crippen LogP contribution is 2.24. The molecule has 1 heterocycles. The first-order valence-corrected chi connectivity index (χ1v) is 8.15. The molecule has 1 aromatic rings. The van der Waals surface area contributed by atoms with Crippen molar-refractivity contribution in [1.82, 2.24) is 4.31 Å². The highest BCUT2D eigenvalue weighted by molar-refractivity contribution is 7.91. The minimum atomic E-state index is -3.32. The molecule has 0 fully saturated rings. The van der Waals surface area contributed by atoms with Crippen molar-refractivity contribution < 1.29 is 8.42 Å². The van der Waals surface area contributed by atoms with Gasteiger partial charge in [0, 0.05) is 19.6 Å². The number of nitrogens with zero attached hydrogens (tertiary/aromatic N) is 1. The molecule has 0 aliphatic rings. The van der Waals surface area contributed by atoms with E-state index in [1.807, 2.05) is 19.2 Å². The molecule has 0 aliphatic carbocycles. The summed E-state index contributed by atoms with van der Waals surface area (Å²) >= 11 is 1.25. The molecule has 2 N–H and O–H groups in total. The van der Waals surface area contributed by atoms with E-state index in [0.717, 1.165) is 18.4 Å². The van der Waals surface area contributed by atoms with Crippen molar-refractivity contribution in [2.24, 2.45) is 5.73 Å². The highest BCUT2D eigenvalue weighted by atomic mass is 32.2. The van der Waals surface area contributed by atoms with Gasteiger partial charge in [-0.25, -0.2) is 8.42 Å². The summed E-state index contributed by atoms with van der Waals surface area (Å²) in [5.74, 6) is 0. The van der Waals surface area contributed by atoms with E-state index in [4.69, 9.17) is 5.73 Å². The van der Waals surface area contributed by atoms with E-state index in [1.165, 1.54) is 11.3 Å². The van der Waals surface area contributed by atoms with Crippen LogP contribution < -0.4 is 5.73 Å². The van der Waals surface area contributed by atoms with Crippen LogP contribution in [0.3, 0.4) is 0 Å². The Bertz CT molecular complexity index is 434. The molecule has 17 heavy (non-hydrogen) atoms. The number of sulfonamides is 1. The summed E-state index contributed by atoms with van der Waals surface area (Å²) in [4.78, 5) is 0. The lowest BCUT2D eigenvalue weighted by molar-refractivity contribution is 0.411. The molecule has 0 saturated heterocycles. The maximum atomic E-state index is 12.3. The van der Waals surface area contributed by atoms with Gasteiger partial charge >= 0.3 is 0 Å². The van der Waals surface area contributed by atoms with Crippen LogP contribution in [-0.4, -0.2) is 25.8 Å². The van der Waals surface area contributed by atoms with Gasteiger partial charge in [-0.15, -0.1) is 11.3 Å². The summed E-state index contributed by atoms with van der Waals surface area (Å²) in [6.07, 6.45) is 1.66. The third-order valence-electron chi connectivity index (χ3n) is 2.41. The molecule has 0 radical (unpaired) electrons. The normalized spacial score (nSPS) is 12.2. The van der Waals surface area contributed by atoms with E-state index in [2.05, 4.69) is 0 Å². The molecule has 0 aliphatic heterocycles. The SMILES string of the molecule is CCCN(CCC)S(=O)(=O)c1cc(CN)cs1. The van der Waals surface area contributed by atoms with Crippen molar-refractivity contribution in [2.45, 2.75) is 37.4 Å². The maximum absolute atomic E-state index is 12.3. The van der Waals surface area contributed by atoms with Gasteiger partial charge in [-0.2, -0.15) is 4.31 Å². The van der Waals surface area contributed by atoms with Gasteiger partial charge in [0.25, 0.3) is 10.0 Å². The molecule has 98 valence electrons. The second-order valence-corrected chi connectivity index (χ2v) is 6.96. The lowest BCUT2D eigenvalue weighted by Crippen LogP contribution is -2.32. The largest absolute Gasteiger partial charge is 0.326 e. The summed E-state index contributed by atoms with van der Waals surface area (Å²) in [5, 5.41) is 1.81. The number of hydrogen-bond acceptors (Lipinski definition) is 4. The minimum Gasteiger partial charge on any atom is -0.326 e. The Hall–Kier alpha value is -0.430. The van der Waals surface area contributed by atoms with Gasteiger partial charge in [0.2, 0.25) is 0 Å². The Kier molecular flexibility index (Phi) is 5.58. The molecule has 0 saturated carbocycles. The average molecular weight is 276 g/mol. The zero-order valence-corrected chi connectivity index (χ0v) is 12.0. The molecular weight excluding hydrogens is 256 g/mol. The number of rotatable bonds is 7. The minimum absolute atomic E-state index is 0.383. The van der Waals surface area contributed by atoms with E-state index in [9.17, 15) is 8.42 Å². The van der Waals surface area contributed by atoms with Crippen LogP contribution in [0.25, 0.3) is 0 Å². The average Bonchev–Trinajstić information content (AvgIpc) is 2.78. The van der Waals surface area contributed by atoms with Crippen LogP contribution in [0.2, 0.25) is 0 Å². The Balaban J connectivity index is 2.98. The van der Waals surface area contributed by atoms with Crippen LogP contribution in [0, 0.1) is 0 Å². The van der Waals surface area contributed by atoms with E-state index < -0.39 is 10.0 Å². The zero-order valence-electron chi connectivity index (χ0n) is 10.3. The first-order chi connectivity index (χ1) is 8.06. The molecule has 0 amide bonds. The van der Waals surface area contributed by atoms with Crippen molar-refractivity contribution >= 4 is 21.4 Å². The molecule has 0 unspecified atom stereocenters. The van der Waals surface area contributed by atoms with Gasteiger partial charge in [0.1, 0.15) is 4.21 Å². The van der Waals surface area contributed by atoms with Gasteiger partial charge < -0.3 is 5.73 Å². The summed E-state index contributed by atoms with van der Waals surface area (Å²) in [6.45, 7) is 5.50. The lowest BCUT2D eigenvalue weighted by Gasteiger charge is -2.19. The summed E-state index contributed by atoms with van der Waals surface area (Å²) in [5.41, 5.74) is 6.37. The molecule has 6 heteroatoms. The van der Waals surface area contributed by atoms with E-state index >= 15 is 0 Å². The van der Waals surface area contributed by atoms with E-state index in [-0.39, 0.29) is 0 Å². The molecule has 0 aromatic carbocycles. The molecule has 0 bridgehead atoms. The Morgan fingerprint density at radius 1 is 1.29 bits per heavy atom. The summed E-state index contributed by atoms with van der Waals surface area (Å²) < 4.78 is 26.6. The monoisotopic (exact) mass is 276 g/mol. The standard InChI is InChI=1S/C11H20N2O2S2/c1-3-5-13(6-4-2)17(14,15)11-7-10(8-12)9-16-11/h7,9H,3-6,8,12H2,1-2H3. The fourth-order valence-corrected chi connectivity index (χ4v) is 4.57. The summed E-state index contributed by atoms with van der Waals surface area (Å²) in [6, 6.07) is 1.68. The predicted molar refractivity (Wildman–Crippen MR) is 71.6 cm³/mol. The summed E-state index contributed by atoms with van der Waals surface area (Å²) in [7, 11) is -3.32. The van der Waals surface area contributed by atoms with Gasteiger partial charge in [0.15, 0.2) is 0 Å². The van der Waals surface area contributed by atoms with E-state index in [1.54, 1.807) is 10.4 Å². The van der Waals surface area contributed by atoms with Gasteiger partial charge in [0.05, 0.1) is 0 Å². The van der Waals surface area contributed by atoms with Crippen LogP contribution in [0.4, 0.5) is 0 Å².